The Kier molecular flexibility index (Phi) is 3.34. The molecule has 0 aliphatic heterocycles. The summed E-state index contributed by atoms with van der Waals surface area (Å²) < 4.78 is 13.8. The lowest BCUT2D eigenvalue weighted by Crippen LogP contribution is -2.01. The second-order valence-electron chi connectivity index (χ2n) is 3.98. The molecule has 2 nitrogen and oxygen atoms in total. The van der Waals surface area contributed by atoms with Gasteiger partial charge >= 0.3 is 5.97 Å². The Balaban J connectivity index is 2.67. The van der Waals surface area contributed by atoms with Crippen LogP contribution < -0.4 is 0 Å². The van der Waals surface area contributed by atoms with E-state index in [1.165, 1.54) is 24.3 Å². The molecule has 92 valence electrons. The molecule has 0 heterocycles. The van der Waals surface area contributed by atoms with E-state index in [9.17, 15) is 9.18 Å². The number of carboxylic acid groups (broad SMARTS) is 1. The highest BCUT2D eigenvalue weighted by Gasteiger charge is 2.15. The Morgan fingerprint density at radius 1 is 1.17 bits per heavy atom. The number of hydrogen-bond acceptors (Lipinski definition) is 1. The molecule has 2 aromatic rings. The van der Waals surface area contributed by atoms with Crippen LogP contribution in [0.15, 0.2) is 36.4 Å². The summed E-state index contributed by atoms with van der Waals surface area (Å²) in [6, 6.07) is 9.05. The maximum atomic E-state index is 13.8. The Labute approximate surface area is 109 Å². The van der Waals surface area contributed by atoms with Crippen LogP contribution in [-0.2, 0) is 0 Å². The van der Waals surface area contributed by atoms with Crippen molar-refractivity contribution in [3.63, 3.8) is 0 Å². The number of benzene rings is 2. The molecule has 4 heteroatoms. The second kappa shape index (κ2) is 4.78. The normalized spacial score (nSPS) is 10.4. The average molecular weight is 265 g/mol. The number of halogens is 2. The number of hydrogen-bond donors (Lipinski definition) is 1. The fourth-order valence-electron chi connectivity index (χ4n) is 1.78. The molecule has 0 saturated carbocycles. The van der Waals surface area contributed by atoms with Gasteiger partial charge < -0.3 is 5.11 Å². The van der Waals surface area contributed by atoms with E-state index in [0.29, 0.717) is 5.56 Å². The lowest BCUT2D eigenvalue weighted by molar-refractivity contribution is 0.0697. The van der Waals surface area contributed by atoms with E-state index in [2.05, 4.69) is 0 Å². The standard InChI is InChI=1S/C14H10ClFO2/c1-8-2-4-10(12(6-8)14(17)18)11-5-3-9(15)7-13(11)16/h2-7H,1H3,(H,17,18). The molecule has 0 unspecified atom stereocenters. The van der Waals surface area contributed by atoms with E-state index in [1.54, 1.807) is 19.1 Å². The van der Waals surface area contributed by atoms with Crippen LogP contribution in [0, 0.1) is 12.7 Å². The first-order chi connectivity index (χ1) is 8.49. The van der Waals surface area contributed by atoms with Crippen LogP contribution in [0.1, 0.15) is 15.9 Å². The molecule has 18 heavy (non-hydrogen) atoms. The van der Waals surface area contributed by atoms with E-state index >= 15 is 0 Å². The molecule has 1 N–H and O–H groups in total. The largest absolute Gasteiger partial charge is 0.478 e. The van der Waals surface area contributed by atoms with Crippen molar-refractivity contribution in [3.05, 3.63) is 58.4 Å². The van der Waals surface area contributed by atoms with E-state index < -0.39 is 11.8 Å². The van der Waals surface area contributed by atoms with E-state index in [1.807, 2.05) is 0 Å². The molecule has 0 aromatic heterocycles. The molecule has 0 aliphatic rings. The highest BCUT2D eigenvalue weighted by atomic mass is 35.5. The number of carbonyl (C=O) groups is 1. The monoisotopic (exact) mass is 264 g/mol. The van der Waals surface area contributed by atoms with Gasteiger partial charge in [0.05, 0.1) is 5.56 Å². The second-order valence-corrected chi connectivity index (χ2v) is 4.41. The van der Waals surface area contributed by atoms with Gasteiger partial charge in [0.2, 0.25) is 0 Å². The average Bonchev–Trinajstić information content (AvgIpc) is 2.29. The van der Waals surface area contributed by atoms with Crippen LogP contribution in [0.5, 0.6) is 0 Å². The quantitative estimate of drug-likeness (QED) is 0.885. The minimum atomic E-state index is -1.08. The Hall–Kier alpha value is -1.87. The predicted octanol–water partition coefficient (Wildman–Crippen LogP) is 4.15. The molecule has 0 aliphatic carbocycles. The van der Waals surface area contributed by atoms with Gasteiger partial charge in [0.1, 0.15) is 5.82 Å². The summed E-state index contributed by atoms with van der Waals surface area (Å²) in [5, 5.41) is 9.43. The third kappa shape index (κ3) is 2.36. The van der Waals surface area contributed by atoms with Gasteiger partial charge in [-0.05, 0) is 36.8 Å². The van der Waals surface area contributed by atoms with Gasteiger partial charge in [-0.2, -0.15) is 0 Å². The highest BCUT2D eigenvalue weighted by molar-refractivity contribution is 6.30. The topological polar surface area (TPSA) is 37.3 Å². The van der Waals surface area contributed by atoms with Crippen molar-refractivity contribution in [2.45, 2.75) is 6.92 Å². The first-order valence-corrected chi connectivity index (χ1v) is 5.66. The SMILES string of the molecule is Cc1ccc(-c2ccc(Cl)cc2F)c(C(=O)O)c1. The number of rotatable bonds is 2. The maximum Gasteiger partial charge on any atom is 0.336 e. The Morgan fingerprint density at radius 3 is 2.44 bits per heavy atom. The molecule has 0 amide bonds. The first kappa shape index (κ1) is 12.6. The van der Waals surface area contributed by atoms with Gasteiger partial charge in [-0.1, -0.05) is 29.3 Å². The van der Waals surface area contributed by atoms with Crippen molar-refractivity contribution in [3.8, 4) is 11.1 Å². The van der Waals surface area contributed by atoms with Gasteiger partial charge in [0, 0.05) is 10.6 Å². The zero-order chi connectivity index (χ0) is 13.3. The summed E-state index contributed by atoms with van der Waals surface area (Å²) in [5.41, 5.74) is 1.47. The number of carboxylic acids is 1. The maximum absolute atomic E-state index is 13.8. The summed E-state index contributed by atoms with van der Waals surface area (Å²) in [6.45, 7) is 1.79. The molecule has 0 saturated heterocycles. The van der Waals surface area contributed by atoms with Gasteiger partial charge in [-0.15, -0.1) is 0 Å². The summed E-state index contributed by atoms with van der Waals surface area (Å²) in [6.07, 6.45) is 0. The van der Waals surface area contributed by atoms with Gasteiger partial charge in [-0.25, -0.2) is 9.18 Å². The molecular weight excluding hydrogens is 255 g/mol. The first-order valence-electron chi connectivity index (χ1n) is 5.28. The van der Waals surface area contributed by atoms with Crippen LogP contribution in [0.3, 0.4) is 0 Å². The van der Waals surface area contributed by atoms with Crippen LogP contribution in [-0.4, -0.2) is 11.1 Å². The third-order valence-electron chi connectivity index (χ3n) is 2.63. The molecular formula is C14H10ClFO2. The lowest BCUT2D eigenvalue weighted by Gasteiger charge is -2.08. The smallest absolute Gasteiger partial charge is 0.336 e. The summed E-state index contributed by atoms with van der Waals surface area (Å²) in [7, 11) is 0. The zero-order valence-electron chi connectivity index (χ0n) is 9.58. The van der Waals surface area contributed by atoms with E-state index in [4.69, 9.17) is 16.7 Å². The Bertz CT molecular complexity index is 623. The molecule has 0 spiro atoms. The van der Waals surface area contributed by atoms with Crippen LogP contribution >= 0.6 is 11.6 Å². The lowest BCUT2D eigenvalue weighted by atomic mass is 9.97. The van der Waals surface area contributed by atoms with E-state index in [-0.39, 0.29) is 16.1 Å². The number of aromatic carboxylic acids is 1. The van der Waals surface area contributed by atoms with Crippen molar-refractivity contribution < 1.29 is 14.3 Å². The number of aryl methyl sites for hydroxylation is 1. The van der Waals surface area contributed by atoms with Crippen molar-refractivity contribution >= 4 is 17.6 Å². The van der Waals surface area contributed by atoms with Crippen molar-refractivity contribution in [2.75, 3.05) is 0 Å². The molecule has 2 rings (SSSR count). The van der Waals surface area contributed by atoms with Gasteiger partial charge in [0.15, 0.2) is 0 Å². The fraction of sp³-hybridized carbons (Fsp3) is 0.0714. The molecule has 2 aromatic carbocycles. The van der Waals surface area contributed by atoms with Gasteiger partial charge in [-0.3, -0.25) is 0 Å². The Morgan fingerprint density at radius 2 is 1.83 bits per heavy atom. The highest BCUT2D eigenvalue weighted by Crippen LogP contribution is 2.29. The molecule has 0 atom stereocenters. The van der Waals surface area contributed by atoms with Crippen LogP contribution in [0.25, 0.3) is 11.1 Å². The molecule has 0 bridgehead atoms. The summed E-state index contributed by atoms with van der Waals surface area (Å²) >= 11 is 5.68. The minimum absolute atomic E-state index is 0.0798. The van der Waals surface area contributed by atoms with Crippen molar-refractivity contribution in [1.29, 1.82) is 0 Å². The van der Waals surface area contributed by atoms with Crippen LogP contribution in [0.2, 0.25) is 5.02 Å². The van der Waals surface area contributed by atoms with Gasteiger partial charge in [0.25, 0.3) is 0 Å². The molecule has 0 fully saturated rings. The third-order valence-corrected chi connectivity index (χ3v) is 2.86. The van der Waals surface area contributed by atoms with Crippen molar-refractivity contribution in [1.82, 2.24) is 0 Å². The minimum Gasteiger partial charge on any atom is -0.478 e. The van der Waals surface area contributed by atoms with Crippen LogP contribution in [0.4, 0.5) is 4.39 Å². The summed E-state index contributed by atoms with van der Waals surface area (Å²) in [5.74, 6) is -1.61. The predicted molar refractivity (Wildman–Crippen MR) is 68.5 cm³/mol. The zero-order valence-corrected chi connectivity index (χ0v) is 10.3. The van der Waals surface area contributed by atoms with Crippen molar-refractivity contribution in [2.24, 2.45) is 0 Å². The fourth-order valence-corrected chi connectivity index (χ4v) is 1.94. The molecule has 0 radical (unpaired) electrons. The van der Waals surface area contributed by atoms with E-state index in [0.717, 1.165) is 5.56 Å². The summed E-state index contributed by atoms with van der Waals surface area (Å²) in [4.78, 5) is 11.2.